The van der Waals surface area contributed by atoms with Gasteiger partial charge < -0.3 is 9.64 Å². The van der Waals surface area contributed by atoms with E-state index in [9.17, 15) is 4.79 Å². The third kappa shape index (κ3) is 4.29. The van der Waals surface area contributed by atoms with E-state index in [0.29, 0.717) is 6.42 Å². The minimum atomic E-state index is -0.435. The number of Topliss-reactive ketones (excluding diaryl/α,β-unsaturated/α-hetero) is 1. The molecule has 0 unspecified atom stereocenters. The first-order valence-corrected chi connectivity index (χ1v) is 12.3. The fourth-order valence-electron chi connectivity index (χ4n) is 5.15. The molecule has 2 aromatic carbocycles. The second-order valence-electron chi connectivity index (χ2n) is 9.77. The van der Waals surface area contributed by atoms with Gasteiger partial charge in [0.05, 0.1) is 12.0 Å². The predicted molar refractivity (Wildman–Crippen MR) is 135 cm³/mol. The fourth-order valence-corrected chi connectivity index (χ4v) is 5.27. The van der Waals surface area contributed by atoms with E-state index in [1.54, 1.807) is 0 Å². The van der Waals surface area contributed by atoms with Gasteiger partial charge in [-0.15, -0.1) is 0 Å². The van der Waals surface area contributed by atoms with Gasteiger partial charge in [-0.25, -0.2) is 9.97 Å². The molecule has 0 radical (unpaired) electrons. The summed E-state index contributed by atoms with van der Waals surface area (Å²) >= 11 is 6.08. The van der Waals surface area contributed by atoms with Crippen LogP contribution in [-0.4, -0.2) is 34.4 Å². The summed E-state index contributed by atoms with van der Waals surface area (Å²) in [6.07, 6.45) is 2.76. The van der Waals surface area contributed by atoms with Crippen molar-refractivity contribution in [1.29, 1.82) is 0 Å². The minimum absolute atomic E-state index is 0.190. The largest absolute Gasteiger partial charge is 0.486 e. The summed E-state index contributed by atoms with van der Waals surface area (Å²) in [4.78, 5) is 24.9. The summed E-state index contributed by atoms with van der Waals surface area (Å²) in [5.41, 5.74) is 5.89. The zero-order chi connectivity index (χ0) is 24.0. The Morgan fingerprint density at radius 3 is 2.38 bits per heavy atom. The molecule has 0 bridgehead atoms. The van der Waals surface area contributed by atoms with Crippen molar-refractivity contribution >= 4 is 23.2 Å². The second-order valence-corrected chi connectivity index (χ2v) is 10.2. The van der Waals surface area contributed by atoms with Crippen molar-refractivity contribution in [3.05, 3.63) is 80.8 Å². The number of aryl methyl sites for hydroxylation is 4. The smallest absolute Gasteiger partial charge is 0.170 e. The maximum Gasteiger partial charge on any atom is 0.170 e. The molecule has 0 amide bonds. The van der Waals surface area contributed by atoms with Crippen LogP contribution in [-0.2, 0) is 6.42 Å². The third-order valence-corrected chi connectivity index (χ3v) is 7.53. The van der Waals surface area contributed by atoms with Crippen molar-refractivity contribution in [2.75, 3.05) is 18.0 Å². The van der Waals surface area contributed by atoms with Gasteiger partial charge in [0.25, 0.3) is 0 Å². The van der Waals surface area contributed by atoms with Crippen LogP contribution in [0, 0.1) is 27.7 Å². The highest BCUT2D eigenvalue weighted by Crippen LogP contribution is 2.41. The number of benzene rings is 2. The van der Waals surface area contributed by atoms with Crippen molar-refractivity contribution < 1.29 is 9.53 Å². The van der Waals surface area contributed by atoms with Crippen LogP contribution >= 0.6 is 11.6 Å². The number of fused-ring (bicyclic) bond motifs is 1. The lowest BCUT2D eigenvalue weighted by atomic mass is 9.81. The zero-order valence-electron chi connectivity index (χ0n) is 20.2. The Bertz CT molecular complexity index is 1260. The van der Waals surface area contributed by atoms with Gasteiger partial charge in [0.1, 0.15) is 23.0 Å². The van der Waals surface area contributed by atoms with E-state index in [4.69, 9.17) is 21.3 Å². The van der Waals surface area contributed by atoms with Crippen LogP contribution in [0.2, 0.25) is 5.02 Å². The molecule has 3 aromatic rings. The predicted octanol–water partition coefficient (Wildman–Crippen LogP) is 5.96. The van der Waals surface area contributed by atoms with Crippen LogP contribution in [0.4, 0.5) is 5.82 Å². The van der Waals surface area contributed by atoms with Crippen molar-refractivity contribution in [1.82, 2.24) is 9.97 Å². The molecular formula is C28H30ClN3O2. The van der Waals surface area contributed by atoms with E-state index in [0.717, 1.165) is 82.7 Å². The average molecular weight is 476 g/mol. The molecule has 0 saturated carbocycles. The number of aromatic nitrogens is 2. The number of ketones is 1. The average Bonchev–Trinajstić information content (AvgIpc) is 2.79. The molecule has 0 N–H and O–H groups in total. The molecule has 3 heterocycles. The molecule has 5 rings (SSSR count). The molecule has 2 aliphatic heterocycles. The number of carbonyl (C=O) groups is 1. The Morgan fingerprint density at radius 1 is 1.00 bits per heavy atom. The van der Waals surface area contributed by atoms with Crippen LogP contribution in [0.25, 0.3) is 0 Å². The van der Waals surface area contributed by atoms with Crippen molar-refractivity contribution in [2.45, 2.75) is 59.0 Å². The summed E-state index contributed by atoms with van der Waals surface area (Å²) < 4.78 is 6.54. The van der Waals surface area contributed by atoms with Gasteiger partial charge in [-0.1, -0.05) is 23.7 Å². The molecule has 0 aliphatic carbocycles. The summed E-state index contributed by atoms with van der Waals surface area (Å²) in [5, 5.41) is 0.733. The highest BCUT2D eigenvalue weighted by Gasteiger charge is 2.43. The van der Waals surface area contributed by atoms with Crippen molar-refractivity contribution in [3.8, 4) is 5.75 Å². The van der Waals surface area contributed by atoms with E-state index in [-0.39, 0.29) is 5.78 Å². The Labute approximate surface area is 206 Å². The standard InChI is InChI=1S/C28H30ClN3O2/c1-17-13-24-25(33)16-28(34-26(24)14-18(17)2)9-11-32(12-10-28)27-23(19(3)30-20(4)31-27)15-21-5-7-22(29)8-6-21/h5-8,13-14H,9-12,15-16H2,1-4H3. The summed E-state index contributed by atoms with van der Waals surface area (Å²) in [7, 11) is 0. The Balaban J connectivity index is 1.39. The maximum absolute atomic E-state index is 13.0. The van der Waals surface area contributed by atoms with Crippen LogP contribution in [0.1, 0.15) is 63.4 Å². The number of ether oxygens (including phenoxy) is 1. The quantitative estimate of drug-likeness (QED) is 0.468. The van der Waals surface area contributed by atoms with Gasteiger partial charge in [0.15, 0.2) is 5.78 Å². The number of halogens is 1. The van der Waals surface area contributed by atoms with Crippen molar-refractivity contribution in [2.24, 2.45) is 0 Å². The lowest BCUT2D eigenvalue weighted by molar-refractivity contribution is 0.0230. The molecule has 5 nitrogen and oxygen atoms in total. The van der Waals surface area contributed by atoms with Crippen LogP contribution in [0.15, 0.2) is 36.4 Å². The maximum atomic E-state index is 13.0. The van der Waals surface area contributed by atoms with Crippen LogP contribution < -0.4 is 9.64 Å². The Morgan fingerprint density at radius 2 is 1.68 bits per heavy atom. The number of anilines is 1. The highest BCUT2D eigenvalue weighted by molar-refractivity contribution is 6.30. The summed E-state index contributed by atoms with van der Waals surface area (Å²) in [5.74, 6) is 2.69. The molecule has 1 spiro atoms. The van der Waals surface area contributed by atoms with Crippen LogP contribution in [0.3, 0.4) is 0 Å². The number of carbonyl (C=O) groups excluding carboxylic acids is 1. The Kier molecular flexibility index (Phi) is 5.85. The first kappa shape index (κ1) is 22.9. The molecule has 6 heteroatoms. The van der Waals surface area contributed by atoms with E-state index in [1.807, 2.05) is 38.1 Å². The fraction of sp³-hybridized carbons (Fsp3) is 0.393. The lowest BCUT2D eigenvalue weighted by Crippen LogP contribution is -2.51. The molecule has 34 heavy (non-hydrogen) atoms. The second kappa shape index (κ2) is 8.70. The van der Waals surface area contributed by atoms with Gasteiger partial charge in [-0.05, 0) is 68.7 Å². The van der Waals surface area contributed by atoms with Gasteiger partial charge in [0, 0.05) is 48.6 Å². The minimum Gasteiger partial charge on any atom is -0.486 e. The SMILES string of the molecule is Cc1nc(C)c(Cc2ccc(Cl)cc2)c(N2CCC3(CC2)CC(=O)c2cc(C)c(C)cc2O3)n1. The van der Waals surface area contributed by atoms with E-state index < -0.39 is 5.60 Å². The number of rotatable bonds is 3. The number of hydrogen-bond acceptors (Lipinski definition) is 5. The lowest BCUT2D eigenvalue weighted by Gasteiger charge is -2.44. The number of hydrogen-bond donors (Lipinski definition) is 0. The number of nitrogens with zero attached hydrogens (tertiary/aromatic N) is 3. The Hall–Kier alpha value is -2.92. The first-order chi connectivity index (χ1) is 16.2. The van der Waals surface area contributed by atoms with E-state index in [1.165, 1.54) is 5.56 Å². The molecule has 2 aliphatic rings. The normalized spacial score (nSPS) is 17.0. The van der Waals surface area contributed by atoms with Gasteiger partial charge in [-0.3, -0.25) is 4.79 Å². The monoisotopic (exact) mass is 475 g/mol. The molecule has 1 aromatic heterocycles. The molecule has 1 fully saturated rings. The summed E-state index contributed by atoms with van der Waals surface area (Å²) in [6.45, 7) is 9.68. The highest BCUT2D eigenvalue weighted by atomic mass is 35.5. The zero-order valence-corrected chi connectivity index (χ0v) is 21.0. The number of piperidine rings is 1. The van der Waals surface area contributed by atoms with Gasteiger partial charge in [0.2, 0.25) is 0 Å². The van der Waals surface area contributed by atoms with E-state index >= 15 is 0 Å². The summed E-state index contributed by atoms with van der Waals surface area (Å²) in [6, 6.07) is 12.0. The molecule has 176 valence electrons. The van der Waals surface area contributed by atoms with Gasteiger partial charge >= 0.3 is 0 Å². The molecule has 0 atom stereocenters. The molecular weight excluding hydrogens is 446 g/mol. The van der Waals surface area contributed by atoms with E-state index in [2.05, 4.69) is 35.9 Å². The van der Waals surface area contributed by atoms with Gasteiger partial charge in [-0.2, -0.15) is 0 Å². The topological polar surface area (TPSA) is 55.3 Å². The first-order valence-electron chi connectivity index (χ1n) is 11.9. The van der Waals surface area contributed by atoms with Crippen molar-refractivity contribution in [3.63, 3.8) is 0 Å². The molecule has 1 saturated heterocycles. The third-order valence-electron chi connectivity index (χ3n) is 7.28. The van der Waals surface area contributed by atoms with Crippen LogP contribution in [0.5, 0.6) is 5.75 Å².